The van der Waals surface area contributed by atoms with Crippen molar-refractivity contribution < 1.29 is 9.90 Å². The third kappa shape index (κ3) is 4.55. The summed E-state index contributed by atoms with van der Waals surface area (Å²) < 4.78 is 0. The molecule has 0 saturated heterocycles. The van der Waals surface area contributed by atoms with Crippen molar-refractivity contribution in [3.63, 3.8) is 0 Å². The third-order valence-corrected chi connectivity index (χ3v) is 3.19. The van der Waals surface area contributed by atoms with Crippen LogP contribution in [0.25, 0.3) is 0 Å². The van der Waals surface area contributed by atoms with Gasteiger partial charge in [-0.25, -0.2) is 4.98 Å². The van der Waals surface area contributed by atoms with Crippen molar-refractivity contribution in [1.29, 1.82) is 0 Å². The smallest absolute Gasteiger partial charge is 0.270 e. The molecular weight excluding hydrogens is 278 g/mol. The molecule has 22 heavy (non-hydrogen) atoms. The van der Waals surface area contributed by atoms with Gasteiger partial charge in [0.15, 0.2) is 0 Å². The maximum absolute atomic E-state index is 12.3. The summed E-state index contributed by atoms with van der Waals surface area (Å²) in [5.74, 6) is -0.229. The van der Waals surface area contributed by atoms with Gasteiger partial charge in [0, 0.05) is 12.4 Å². The summed E-state index contributed by atoms with van der Waals surface area (Å²) in [6.07, 6.45) is 5.52. The monoisotopic (exact) mass is 299 g/mol. The minimum absolute atomic E-state index is 0.0371. The topological polar surface area (TPSA) is 75.1 Å². The zero-order valence-electron chi connectivity index (χ0n) is 13.1. The Morgan fingerprint density at radius 1 is 1.27 bits per heavy atom. The Kier molecular flexibility index (Phi) is 4.75. The van der Waals surface area contributed by atoms with E-state index in [1.165, 1.54) is 18.3 Å². The summed E-state index contributed by atoms with van der Waals surface area (Å²) >= 11 is 0. The Morgan fingerprint density at radius 3 is 2.59 bits per heavy atom. The average Bonchev–Trinajstić information content (AvgIpc) is 2.47. The molecule has 0 aliphatic rings. The normalized spacial score (nSPS) is 12.7. The van der Waals surface area contributed by atoms with E-state index >= 15 is 0 Å². The summed E-state index contributed by atoms with van der Waals surface area (Å²) in [7, 11) is 0. The molecule has 2 rings (SSSR count). The number of rotatable bonds is 4. The molecule has 0 unspecified atom stereocenters. The first-order chi connectivity index (χ1) is 10.3. The van der Waals surface area contributed by atoms with Gasteiger partial charge in [-0.2, -0.15) is 0 Å². The zero-order valence-corrected chi connectivity index (χ0v) is 13.1. The number of nitrogens with one attached hydrogen (secondary N) is 1. The van der Waals surface area contributed by atoms with E-state index in [1.54, 1.807) is 12.4 Å². The zero-order chi connectivity index (χ0) is 16.2. The van der Waals surface area contributed by atoms with E-state index in [9.17, 15) is 9.90 Å². The maximum atomic E-state index is 12.3. The third-order valence-electron chi connectivity index (χ3n) is 3.19. The van der Waals surface area contributed by atoms with Crippen LogP contribution in [0.15, 0.2) is 42.9 Å². The van der Waals surface area contributed by atoms with Crippen molar-refractivity contribution in [3.8, 4) is 5.75 Å². The number of aromatic hydroxyl groups is 1. The highest BCUT2D eigenvalue weighted by molar-refractivity contribution is 5.92. The molecule has 0 aromatic carbocycles. The van der Waals surface area contributed by atoms with Crippen LogP contribution in [0.4, 0.5) is 0 Å². The van der Waals surface area contributed by atoms with Crippen LogP contribution in [0.5, 0.6) is 5.75 Å². The number of carbonyl (C=O) groups excluding carboxylic acids is 1. The highest BCUT2D eigenvalue weighted by Crippen LogP contribution is 2.29. The van der Waals surface area contributed by atoms with E-state index < -0.39 is 0 Å². The first kappa shape index (κ1) is 15.9. The van der Waals surface area contributed by atoms with Crippen LogP contribution < -0.4 is 5.32 Å². The van der Waals surface area contributed by atoms with E-state index in [2.05, 4.69) is 36.1 Å². The van der Waals surface area contributed by atoms with E-state index in [1.807, 2.05) is 12.1 Å². The minimum Gasteiger partial charge on any atom is -0.506 e. The van der Waals surface area contributed by atoms with Gasteiger partial charge in [-0.05, 0) is 35.6 Å². The molecule has 1 amide bonds. The van der Waals surface area contributed by atoms with Gasteiger partial charge in [0.05, 0.1) is 12.2 Å². The van der Waals surface area contributed by atoms with Crippen LogP contribution in [0, 0.1) is 5.41 Å². The number of aromatic nitrogens is 2. The molecule has 0 aliphatic carbocycles. The molecule has 1 atom stereocenters. The molecule has 5 heteroatoms. The molecule has 116 valence electrons. The lowest BCUT2D eigenvalue weighted by Gasteiger charge is -2.27. The van der Waals surface area contributed by atoms with E-state index in [-0.39, 0.29) is 28.8 Å². The quantitative estimate of drug-likeness (QED) is 0.909. The van der Waals surface area contributed by atoms with Crippen LogP contribution in [0.3, 0.4) is 0 Å². The van der Waals surface area contributed by atoms with Gasteiger partial charge in [-0.1, -0.05) is 26.8 Å². The fourth-order valence-electron chi connectivity index (χ4n) is 2.20. The highest BCUT2D eigenvalue weighted by atomic mass is 16.3. The second kappa shape index (κ2) is 6.56. The van der Waals surface area contributed by atoms with Crippen LogP contribution in [-0.2, 0) is 0 Å². The van der Waals surface area contributed by atoms with Crippen molar-refractivity contribution in [2.24, 2.45) is 5.41 Å². The van der Waals surface area contributed by atoms with Gasteiger partial charge in [0.25, 0.3) is 5.91 Å². The predicted octanol–water partition coefficient (Wildman–Crippen LogP) is 3.09. The Bertz CT molecular complexity index is 619. The molecule has 2 heterocycles. The largest absolute Gasteiger partial charge is 0.506 e. The van der Waals surface area contributed by atoms with Gasteiger partial charge >= 0.3 is 0 Å². The summed E-state index contributed by atoms with van der Waals surface area (Å²) in [4.78, 5) is 20.4. The summed E-state index contributed by atoms with van der Waals surface area (Å²) in [5, 5.41) is 12.3. The first-order valence-electron chi connectivity index (χ1n) is 7.21. The first-order valence-corrected chi connectivity index (χ1v) is 7.21. The maximum Gasteiger partial charge on any atom is 0.270 e. The molecule has 5 nitrogen and oxygen atoms in total. The van der Waals surface area contributed by atoms with Gasteiger partial charge in [-0.3, -0.25) is 9.78 Å². The lowest BCUT2D eigenvalue weighted by atomic mass is 9.86. The highest BCUT2D eigenvalue weighted by Gasteiger charge is 2.23. The summed E-state index contributed by atoms with van der Waals surface area (Å²) in [5.41, 5.74) is 1.29. The molecule has 0 saturated carbocycles. The summed E-state index contributed by atoms with van der Waals surface area (Å²) in [6, 6.07) is 6.62. The van der Waals surface area contributed by atoms with E-state index in [0.29, 0.717) is 0 Å². The fourth-order valence-corrected chi connectivity index (χ4v) is 2.20. The molecule has 0 spiro atoms. The van der Waals surface area contributed by atoms with Crippen molar-refractivity contribution in [1.82, 2.24) is 15.3 Å². The number of carbonyl (C=O) groups is 1. The van der Waals surface area contributed by atoms with Gasteiger partial charge in [-0.15, -0.1) is 0 Å². The minimum atomic E-state index is -0.266. The molecule has 0 radical (unpaired) electrons. The molecule has 0 aliphatic heterocycles. The predicted molar refractivity (Wildman–Crippen MR) is 84.4 cm³/mol. The van der Waals surface area contributed by atoms with E-state index in [4.69, 9.17) is 0 Å². The van der Waals surface area contributed by atoms with Gasteiger partial charge < -0.3 is 10.4 Å². The van der Waals surface area contributed by atoms with Crippen LogP contribution >= 0.6 is 0 Å². The number of pyridine rings is 2. The average molecular weight is 299 g/mol. The SMILES string of the molecule is CC(C)(C)C[C@H](NC(=O)c1ccc(O)cn1)c1cccnc1. The number of nitrogens with zero attached hydrogens (tertiary/aromatic N) is 2. The Labute approximate surface area is 130 Å². The van der Waals surface area contributed by atoms with Crippen molar-refractivity contribution in [2.45, 2.75) is 33.2 Å². The lowest BCUT2D eigenvalue weighted by molar-refractivity contribution is 0.0921. The van der Waals surface area contributed by atoms with Crippen LogP contribution in [0.2, 0.25) is 0 Å². The number of amides is 1. The van der Waals surface area contributed by atoms with Crippen LogP contribution in [0.1, 0.15) is 49.3 Å². The van der Waals surface area contributed by atoms with Gasteiger partial charge in [0.1, 0.15) is 11.4 Å². The lowest BCUT2D eigenvalue weighted by Crippen LogP contribution is -2.31. The van der Waals surface area contributed by atoms with E-state index in [0.717, 1.165) is 12.0 Å². The second-order valence-corrected chi connectivity index (χ2v) is 6.48. The molecular formula is C17H21N3O2. The van der Waals surface area contributed by atoms with Crippen molar-refractivity contribution in [2.75, 3.05) is 0 Å². The molecule has 0 fully saturated rings. The Hall–Kier alpha value is -2.43. The molecule has 2 aromatic rings. The second-order valence-electron chi connectivity index (χ2n) is 6.48. The Morgan fingerprint density at radius 2 is 2.05 bits per heavy atom. The molecule has 2 N–H and O–H groups in total. The van der Waals surface area contributed by atoms with Crippen LogP contribution in [-0.4, -0.2) is 21.0 Å². The fraction of sp³-hybridized carbons (Fsp3) is 0.353. The number of hydrogen-bond donors (Lipinski definition) is 2. The molecule has 0 bridgehead atoms. The Balaban J connectivity index is 2.19. The molecule has 2 aromatic heterocycles. The van der Waals surface area contributed by atoms with Crippen molar-refractivity contribution >= 4 is 5.91 Å². The number of hydrogen-bond acceptors (Lipinski definition) is 4. The van der Waals surface area contributed by atoms with Gasteiger partial charge in [0.2, 0.25) is 0 Å². The van der Waals surface area contributed by atoms with Crippen molar-refractivity contribution in [3.05, 3.63) is 54.1 Å². The standard InChI is InChI=1S/C17H21N3O2/c1-17(2,3)9-15(12-5-4-8-18-10-12)20-16(22)14-7-6-13(21)11-19-14/h4-8,10-11,15,21H,9H2,1-3H3,(H,20,22)/t15-/m0/s1. The summed E-state index contributed by atoms with van der Waals surface area (Å²) in [6.45, 7) is 6.38.